The van der Waals surface area contributed by atoms with Gasteiger partial charge in [-0.05, 0) is 74.9 Å². The maximum atomic E-state index is 6.03. The normalized spacial score (nSPS) is 25.4. The molecule has 0 N–H and O–H groups in total. The fourth-order valence-electron chi connectivity index (χ4n) is 6.40. The molecule has 4 aliphatic rings. The lowest BCUT2D eigenvalue weighted by Gasteiger charge is -2.41. The Hall–Kier alpha value is -2.75. The first-order chi connectivity index (χ1) is 17.6. The summed E-state index contributed by atoms with van der Waals surface area (Å²) in [5, 5.41) is 5.88. The number of likely N-dealkylation sites (tertiary alicyclic amines) is 1. The lowest BCUT2D eigenvalue weighted by atomic mass is 9.85. The van der Waals surface area contributed by atoms with E-state index in [0.717, 1.165) is 74.8 Å². The number of morpholine rings is 1. The topological polar surface area (TPSA) is 77.8 Å². The van der Waals surface area contributed by atoms with Crippen molar-refractivity contribution in [3.63, 3.8) is 0 Å². The van der Waals surface area contributed by atoms with Gasteiger partial charge in [-0.2, -0.15) is 15.1 Å². The van der Waals surface area contributed by atoms with Gasteiger partial charge in [0, 0.05) is 24.5 Å². The van der Waals surface area contributed by atoms with Gasteiger partial charge in [-0.3, -0.25) is 4.90 Å². The molecule has 2 atom stereocenters. The van der Waals surface area contributed by atoms with Gasteiger partial charge < -0.3 is 19.1 Å². The average molecular weight is 491 g/mol. The molecule has 0 aliphatic carbocycles. The van der Waals surface area contributed by atoms with Crippen LogP contribution in [0.25, 0.3) is 16.7 Å². The number of benzene rings is 1. The molecule has 1 aromatic carbocycles. The smallest absolute Gasteiger partial charge is 0.320 e. The summed E-state index contributed by atoms with van der Waals surface area (Å²) in [6.45, 7) is 8.01. The van der Waals surface area contributed by atoms with Gasteiger partial charge in [-0.25, -0.2) is 4.68 Å². The molecule has 4 fully saturated rings. The second-order valence-corrected chi connectivity index (χ2v) is 10.8. The molecule has 190 valence electrons. The largest absolute Gasteiger partial charge is 0.467 e. The minimum atomic E-state index is 0.285. The van der Waals surface area contributed by atoms with E-state index in [1.807, 2.05) is 16.9 Å². The van der Waals surface area contributed by atoms with E-state index in [0.29, 0.717) is 18.0 Å². The summed E-state index contributed by atoms with van der Waals surface area (Å²) in [6, 6.07) is 7.65. The van der Waals surface area contributed by atoms with Crippen molar-refractivity contribution in [1.82, 2.24) is 24.6 Å². The zero-order valence-corrected chi connectivity index (χ0v) is 21.1. The number of aryl methyl sites for hydroxylation is 1. The number of methoxy groups -OCH3 is 1. The molecule has 0 saturated carbocycles. The highest BCUT2D eigenvalue weighted by molar-refractivity contribution is 5.82. The monoisotopic (exact) mass is 490 g/mol. The number of aromatic nitrogens is 4. The molecule has 0 radical (unpaired) electrons. The number of piperidine rings is 1. The van der Waals surface area contributed by atoms with Crippen molar-refractivity contribution in [2.75, 3.05) is 51.4 Å². The van der Waals surface area contributed by atoms with Crippen LogP contribution in [0.5, 0.6) is 6.01 Å². The van der Waals surface area contributed by atoms with Crippen molar-refractivity contribution in [2.24, 2.45) is 0 Å². The van der Waals surface area contributed by atoms with Gasteiger partial charge >= 0.3 is 6.01 Å². The van der Waals surface area contributed by atoms with Gasteiger partial charge in [0.05, 0.1) is 50.3 Å². The highest BCUT2D eigenvalue weighted by atomic mass is 16.5. The van der Waals surface area contributed by atoms with Crippen LogP contribution in [-0.4, -0.2) is 89.4 Å². The molecule has 9 nitrogen and oxygen atoms in total. The SMILES string of the molecule is COc1nc(N2CC3CCC(C2)O3)cc(-n2ncc3cc(C)c(C4CCN(C5COC5)CC4)cc32)n1. The number of ether oxygens (including phenoxy) is 3. The van der Waals surface area contributed by atoms with Crippen LogP contribution in [0.15, 0.2) is 24.4 Å². The van der Waals surface area contributed by atoms with Crippen LogP contribution in [-0.2, 0) is 9.47 Å². The summed E-state index contributed by atoms with van der Waals surface area (Å²) in [5.74, 6) is 2.18. The number of fused-ring (bicyclic) bond motifs is 3. The minimum Gasteiger partial charge on any atom is -0.467 e. The maximum absolute atomic E-state index is 6.03. The predicted molar refractivity (Wildman–Crippen MR) is 136 cm³/mol. The Bertz CT molecular complexity index is 1250. The Balaban J connectivity index is 1.21. The number of hydrogen-bond acceptors (Lipinski definition) is 8. The van der Waals surface area contributed by atoms with Crippen molar-refractivity contribution in [3.8, 4) is 11.8 Å². The van der Waals surface area contributed by atoms with Crippen LogP contribution < -0.4 is 9.64 Å². The molecule has 7 rings (SSSR count). The number of rotatable bonds is 5. The van der Waals surface area contributed by atoms with Crippen LogP contribution in [0, 0.1) is 6.92 Å². The fourth-order valence-corrected chi connectivity index (χ4v) is 6.40. The third-order valence-corrected chi connectivity index (χ3v) is 8.51. The van der Waals surface area contributed by atoms with Crippen molar-refractivity contribution >= 4 is 16.7 Å². The molecule has 2 unspecified atom stereocenters. The molecular formula is C27H34N6O3. The van der Waals surface area contributed by atoms with Crippen LogP contribution in [0.2, 0.25) is 0 Å². The van der Waals surface area contributed by atoms with Crippen molar-refractivity contribution < 1.29 is 14.2 Å². The Morgan fingerprint density at radius 1 is 0.944 bits per heavy atom. The zero-order chi connectivity index (χ0) is 24.2. The molecular weight excluding hydrogens is 456 g/mol. The summed E-state index contributed by atoms with van der Waals surface area (Å²) in [6.07, 6.45) is 7.11. The second-order valence-electron chi connectivity index (χ2n) is 10.8. The summed E-state index contributed by atoms with van der Waals surface area (Å²) in [5.41, 5.74) is 3.86. The van der Waals surface area contributed by atoms with E-state index in [-0.39, 0.29) is 12.2 Å². The van der Waals surface area contributed by atoms with E-state index >= 15 is 0 Å². The highest BCUT2D eigenvalue weighted by Gasteiger charge is 2.35. The first kappa shape index (κ1) is 22.4. The summed E-state index contributed by atoms with van der Waals surface area (Å²) < 4.78 is 18.9. The van der Waals surface area contributed by atoms with Crippen LogP contribution in [0.4, 0.5) is 5.82 Å². The first-order valence-electron chi connectivity index (χ1n) is 13.3. The average Bonchev–Trinajstić information content (AvgIpc) is 3.44. The van der Waals surface area contributed by atoms with Gasteiger partial charge in [-0.1, -0.05) is 0 Å². The maximum Gasteiger partial charge on any atom is 0.320 e. The molecule has 3 aromatic rings. The van der Waals surface area contributed by atoms with Gasteiger partial charge in [0.15, 0.2) is 5.82 Å². The molecule has 4 saturated heterocycles. The summed E-state index contributed by atoms with van der Waals surface area (Å²) in [7, 11) is 1.62. The van der Waals surface area contributed by atoms with Crippen LogP contribution in [0.1, 0.15) is 42.7 Å². The summed E-state index contributed by atoms with van der Waals surface area (Å²) >= 11 is 0. The van der Waals surface area contributed by atoms with Crippen molar-refractivity contribution in [3.05, 3.63) is 35.5 Å². The molecule has 0 amide bonds. The van der Waals surface area contributed by atoms with Crippen molar-refractivity contribution in [1.29, 1.82) is 0 Å². The predicted octanol–water partition coefficient (Wildman–Crippen LogP) is 3.08. The standard InChI is InChI=1S/C27H34N6O3/c1-17-9-19-12-28-33(24(19)10-23(17)18-5-7-31(8-6-18)20-15-35-16-20)26-11-25(29-27(30-26)34-2)32-13-21-3-4-22(14-32)36-21/h9-12,18,20-22H,3-8,13-16H2,1-2H3. The van der Waals surface area contributed by atoms with Gasteiger partial charge in [0.25, 0.3) is 0 Å². The lowest BCUT2D eigenvalue weighted by molar-refractivity contribution is -0.0712. The Morgan fingerprint density at radius 3 is 2.39 bits per heavy atom. The van der Waals surface area contributed by atoms with Gasteiger partial charge in [0.2, 0.25) is 0 Å². The zero-order valence-electron chi connectivity index (χ0n) is 21.1. The fraction of sp³-hybridized carbons (Fsp3) is 0.593. The van der Waals surface area contributed by atoms with E-state index in [9.17, 15) is 0 Å². The Morgan fingerprint density at radius 2 is 1.69 bits per heavy atom. The van der Waals surface area contributed by atoms with Crippen molar-refractivity contribution in [2.45, 2.75) is 56.8 Å². The molecule has 4 aliphatic heterocycles. The molecule has 6 heterocycles. The number of nitrogens with zero attached hydrogens (tertiary/aromatic N) is 6. The second kappa shape index (κ2) is 8.97. The number of hydrogen-bond donors (Lipinski definition) is 0. The van der Waals surface area contributed by atoms with E-state index in [1.54, 1.807) is 7.11 Å². The Kier molecular flexibility index (Phi) is 5.59. The van der Waals surface area contributed by atoms with E-state index in [1.165, 1.54) is 24.0 Å². The van der Waals surface area contributed by atoms with E-state index < -0.39 is 0 Å². The molecule has 2 bridgehead atoms. The van der Waals surface area contributed by atoms with Crippen LogP contribution >= 0.6 is 0 Å². The number of anilines is 1. The highest BCUT2D eigenvalue weighted by Crippen LogP contribution is 2.35. The Labute approximate surface area is 211 Å². The quantitative estimate of drug-likeness (QED) is 0.540. The van der Waals surface area contributed by atoms with E-state index in [4.69, 9.17) is 24.3 Å². The third kappa shape index (κ3) is 3.93. The third-order valence-electron chi connectivity index (χ3n) is 8.51. The minimum absolute atomic E-state index is 0.285. The molecule has 36 heavy (non-hydrogen) atoms. The molecule has 2 aromatic heterocycles. The first-order valence-corrected chi connectivity index (χ1v) is 13.3. The molecule has 9 heteroatoms. The van der Waals surface area contributed by atoms with Gasteiger partial charge in [0.1, 0.15) is 5.82 Å². The van der Waals surface area contributed by atoms with Gasteiger partial charge in [-0.15, -0.1) is 0 Å². The van der Waals surface area contributed by atoms with E-state index in [2.05, 4.69) is 33.8 Å². The molecule has 0 spiro atoms. The lowest BCUT2D eigenvalue weighted by Crippen LogP contribution is -2.51. The summed E-state index contributed by atoms with van der Waals surface area (Å²) in [4.78, 5) is 14.3. The van der Waals surface area contributed by atoms with Crippen LogP contribution in [0.3, 0.4) is 0 Å².